The second-order valence-electron chi connectivity index (χ2n) is 6.03. The molecule has 0 aromatic carbocycles. The zero-order valence-corrected chi connectivity index (χ0v) is 14.5. The maximum absolute atomic E-state index is 10.9. The first kappa shape index (κ1) is 19.6. The molecule has 0 aliphatic rings. The highest BCUT2D eigenvalue weighted by molar-refractivity contribution is 5.66. The number of nitrogens with zero attached hydrogens (tertiary/aromatic N) is 2. The Bertz CT molecular complexity index is 391. The zero-order chi connectivity index (χ0) is 16.4. The van der Waals surface area contributed by atoms with Gasteiger partial charge < -0.3 is 4.74 Å². The average Bonchev–Trinajstić information content (AvgIpc) is 2.44. The van der Waals surface area contributed by atoms with Crippen LogP contribution < -0.4 is 0 Å². The quantitative estimate of drug-likeness (QED) is 0.754. The van der Waals surface area contributed by atoms with Gasteiger partial charge in [0.05, 0.1) is 11.9 Å². The summed E-state index contributed by atoms with van der Waals surface area (Å²) in [5.41, 5.74) is 0.692. The summed E-state index contributed by atoms with van der Waals surface area (Å²) in [5.74, 6) is 1.66. The highest BCUT2D eigenvalue weighted by Crippen LogP contribution is 2.23. The van der Waals surface area contributed by atoms with Crippen molar-refractivity contribution < 1.29 is 9.53 Å². The van der Waals surface area contributed by atoms with Crippen molar-refractivity contribution in [1.29, 1.82) is 0 Å². The van der Waals surface area contributed by atoms with E-state index in [0.29, 0.717) is 5.69 Å². The largest absolute Gasteiger partial charge is 0.456 e. The first-order valence-corrected chi connectivity index (χ1v) is 7.72. The van der Waals surface area contributed by atoms with Crippen molar-refractivity contribution in [1.82, 2.24) is 9.97 Å². The van der Waals surface area contributed by atoms with Gasteiger partial charge in [-0.05, 0) is 17.8 Å². The SMILES string of the molecule is CC(=O)O[C@@H](c1cnccn1)C(C)C.CCC(C)C(C)C. The van der Waals surface area contributed by atoms with Crippen LogP contribution in [-0.2, 0) is 9.53 Å². The summed E-state index contributed by atoms with van der Waals surface area (Å²) < 4.78 is 5.16. The minimum Gasteiger partial charge on any atom is -0.456 e. The normalized spacial score (nSPS) is 13.4. The molecule has 0 fully saturated rings. The fraction of sp³-hybridized carbons (Fsp3) is 0.706. The fourth-order valence-corrected chi connectivity index (χ4v) is 1.65. The van der Waals surface area contributed by atoms with E-state index in [-0.39, 0.29) is 18.0 Å². The first-order valence-electron chi connectivity index (χ1n) is 7.72. The smallest absolute Gasteiger partial charge is 0.303 e. The van der Waals surface area contributed by atoms with Crippen LogP contribution in [0.4, 0.5) is 0 Å². The molecule has 0 amide bonds. The van der Waals surface area contributed by atoms with Crippen LogP contribution >= 0.6 is 0 Å². The molecule has 0 saturated carbocycles. The monoisotopic (exact) mass is 294 g/mol. The van der Waals surface area contributed by atoms with Crippen molar-refractivity contribution in [3.8, 4) is 0 Å². The minimum atomic E-state index is -0.304. The number of carbonyl (C=O) groups excluding carboxylic acids is 1. The number of hydrogen-bond donors (Lipinski definition) is 0. The summed E-state index contributed by atoms with van der Waals surface area (Å²) in [5, 5.41) is 0. The molecule has 1 unspecified atom stereocenters. The molecule has 1 aromatic heterocycles. The van der Waals surface area contributed by atoms with Gasteiger partial charge in [0.2, 0.25) is 0 Å². The third kappa shape index (κ3) is 8.43. The summed E-state index contributed by atoms with van der Waals surface area (Å²) in [6.07, 6.45) is 5.81. The van der Waals surface area contributed by atoms with Gasteiger partial charge in [-0.2, -0.15) is 0 Å². The lowest BCUT2D eigenvalue weighted by atomic mass is 9.96. The predicted molar refractivity (Wildman–Crippen MR) is 85.7 cm³/mol. The van der Waals surface area contributed by atoms with E-state index in [2.05, 4.69) is 37.7 Å². The Morgan fingerprint density at radius 2 is 1.76 bits per heavy atom. The number of rotatable bonds is 5. The minimum absolute atomic E-state index is 0.190. The van der Waals surface area contributed by atoms with E-state index in [4.69, 9.17) is 4.74 Å². The van der Waals surface area contributed by atoms with Crippen molar-refractivity contribution in [2.75, 3.05) is 0 Å². The van der Waals surface area contributed by atoms with Crippen LogP contribution in [0.2, 0.25) is 0 Å². The maximum Gasteiger partial charge on any atom is 0.303 e. The summed E-state index contributed by atoms with van der Waals surface area (Å²) in [7, 11) is 0. The van der Waals surface area contributed by atoms with E-state index in [0.717, 1.165) is 11.8 Å². The summed E-state index contributed by atoms with van der Waals surface area (Å²) in [6.45, 7) is 14.4. The molecule has 0 aliphatic heterocycles. The standard InChI is InChI=1S/C10H14N2O2.C7H16/c1-7(2)10(14-8(3)13)9-6-11-4-5-12-9;1-5-7(4)6(2)3/h4-7,10H,1-3H3;6-7H,5H2,1-4H3/t10-;/m1./s1. The van der Waals surface area contributed by atoms with Crippen molar-refractivity contribution in [3.05, 3.63) is 24.3 Å². The van der Waals surface area contributed by atoms with Gasteiger partial charge in [-0.3, -0.25) is 14.8 Å². The average molecular weight is 294 g/mol. The van der Waals surface area contributed by atoms with Crippen LogP contribution in [0.1, 0.15) is 66.7 Å². The molecule has 0 N–H and O–H groups in total. The number of hydrogen-bond acceptors (Lipinski definition) is 4. The van der Waals surface area contributed by atoms with Crippen LogP contribution in [-0.4, -0.2) is 15.9 Å². The number of ether oxygens (including phenoxy) is 1. The van der Waals surface area contributed by atoms with Gasteiger partial charge in [0.1, 0.15) is 6.10 Å². The fourth-order valence-electron chi connectivity index (χ4n) is 1.65. The van der Waals surface area contributed by atoms with E-state index in [1.165, 1.54) is 13.3 Å². The third-order valence-corrected chi connectivity index (χ3v) is 3.56. The number of esters is 1. The van der Waals surface area contributed by atoms with Crippen molar-refractivity contribution >= 4 is 5.97 Å². The van der Waals surface area contributed by atoms with Crippen molar-refractivity contribution in [2.45, 2.75) is 61.0 Å². The van der Waals surface area contributed by atoms with Gasteiger partial charge in [0, 0.05) is 19.3 Å². The predicted octanol–water partition coefficient (Wildman–Crippen LogP) is 4.43. The molecule has 0 spiro atoms. The lowest BCUT2D eigenvalue weighted by molar-refractivity contribution is -0.149. The summed E-state index contributed by atoms with van der Waals surface area (Å²) >= 11 is 0. The van der Waals surface area contributed by atoms with E-state index in [1.807, 2.05) is 13.8 Å². The Kier molecular flexibility index (Phi) is 9.59. The molecular formula is C17H30N2O2. The van der Waals surface area contributed by atoms with E-state index < -0.39 is 0 Å². The van der Waals surface area contributed by atoms with E-state index in [1.54, 1.807) is 18.6 Å². The van der Waals surface area contributed by atoms with Crippen LogP contribution in [0, 0.1) is 17.8 Å². The third-order valence-electron chi connectivity index (χ3n) is 3.56. The van der Waals surface area contributed by atoms with Crippen molar-refractivity contribution in [3.63, 3.8) is 0 Å². The Hall–Kier alpha value is -1.45. The second kappa shape index (κ2) is 10.3. The van der Waals surface area contributed by atoms with Crippen LogP contribution in [0.15, 0.2) is 18.6 Å². The molecule has 2 atom stereocenters. The van der Waals surface area contributed by atoms with Gasteiger partial charge in [-0.1, -0.05) is 48.0 Å². The molecule has 0 radical (unpaired) electrons. The molecular weight excluding hydrogens is 264 g/mol. The zero-order valence-electron chi connectivity index (χ0n) is 14.5. The van der Waals surface area contributed by atoms with E-state index in [9.17, 15) is 4.79 Å². The summed E-state index contributed by atoms with van der Waals surface area (Å²) in [6, 6.07) is 0. The lowest BCUT2D eigenvalue weighted by Gasteiger charge is -2.19. The highest BCUT2D eigenvalue weighted by Gasteiger charge is 2.20. The molecule has 1 aromatic rings. The van der Waals surface area contributed by atoms with Crippen molar-refractivity contribution in [2.24, 2.45) is 17.8 Å². The Morgan fingerprint density at radius 1 is 1.14 bits per heavy atom. The molecule has 120 valence electrons. The highest BCUT2D eigenvalue weighted by atomic mass is 16.5. The van der Waals surface area contributed by atoms with Gasteiger partial charge in [0.25, 0.3) is 0 Å². The Labute approximate surface area is 129 Å². The van der Waals surface area contributed by atoms with Crippen LogP contribution in [0.3, 0.4) is 0 Å². The van der Waals surface area contributed by atoms with E-state index >= 15 is 0 Å². The molecule has 0 saturated heterocycles. The summed E-state index contributed by atoms with van der Waals surface area (Å²) in [4.78, 5) is 18.9. The molecule has 1 heterocycles. The second-order valence-corrected chi connectivity index (χ2v) is 6.03. The van der Waals surface area contributed by atoms with Gasteiger partial charge >= 0.3 is 5.97 Å². The molecule has 21 heavy (non-hydrogen) atoms. The first-order chi connectivity index (χ1) is 9.79. The lowest BCUT2D eigenvalue weighted by Crippen LogP contribution is -2.15. The maximum atomic E-state index is 10.9. The molecule has 0 aliphatic carbocycles. The van der Waals surface area contributed by atoms with Gasteiger partial charge in [0.15, 0.2) is 0 Å². The molecule has 1 rings (SSSR count). The van der Waals surface area contributed by atoms with Crippen LogP contribution in [0.25, 0.3) is 0 Å². The van der Waals surface area contributed by atoms with Gasteiger partial charge in [-0.25, -0.2) is 0 Å². The topological polar surface area (TPSA) is 52.1 Å². The molecule has 4 nitrogen and oxygen atoms in total. The Morgan fingerprint density at radius 3 is 2.05 bits per heavy atom. The number of carbonyl (C=O) groups is 1. The Balaban J connectivity index is 0.000000486. The van der Waals surface area contributed by atoms with Gasteiger partial charge in [-0.15, -0.1) is 0 Å². The number of aromatic nitrogens is 2. The molecule has 4 heteroatoms. The molecule has 0 bridgehead atoms. The van der Waals surface area contributed by atoms with Crippen LogP contribution in [0.5, 0.6) is 0 Å².